The number of hydrogen-bond acceptors (Lipinski definition) is 4. The second-order valence-electron chi connectivity index (χ2n) is 5.77. The largest absolute Gasteiger partial charge is 0.444 e. The SMILES string of the molecule is CC(C)(C)OC(=O)N1[C@H](CCO)COC1(C)C. The van der Waals surface area contributed by atoms with Gasteiger partial charge in [-0.1, -0.05) is 0 Å². The highest BCUT2D eigenvalue weighted by molar-refractivity contribution is 5.69. The summed E-state index contributed by atoms with van der Waals surface area (Å²) in [6, 6.07) is -0.121. The van der Waals surface area contributed by atoms with Crippen molar-refractivity contribution in [1.82, 2.24) is 4.90 Å². The van der Waals surface area contributed by atoms with Crippen LogP contribution in [-0.2, 0) is 9.47 Å². The zero-order chi connectivity index (χ0) is 13.3. The smallest absolute Gasteiger partial charge is 0.412 e. The lowest BCUT2D eigenvalue weighted by Gasteiger charge is -2.35. The average molecular weight is 245 g/mol. The number of hydrogen-bond donors (Lipinski definition) is 1. The Bertz CT molecular complexity index is 283. The van der Waals surface area contributed by atoms with Crippen LogP contribution in [0.25, 0.3) is 0 Å². The quantitative estimate of drug-likeness (QED) is 0.805. The highest BCUT2D eigenvalue weighted by Gasteiger charge is 2.45. The number of nitrogens with zero attached hydrogens (tertiary/aromatic N) is 1. The van der Waals surface area contributed by atoms with E-state index in [9.17, 15) is 4.79 Å². The molecule has 0 radical (unpaired) electrons. The molecule has 17 heavy (non-hydrogen) atoms. The van der Waals surface area contributed by atoms with Gasteiger partial charge in [0, 0.05) is 6.61 Å². The van der Waals surface area contributed by atoms with Gasteiger partial charge in [0.2, 0.25) is 0 Å². The van der Waals surface area contributed by atoms with Crippen LogP contribution in [0.4, 0.5) is 4.79 Å². The molecule has 1 aliphatic rings. The minimum atomic E-state index is -0.678. The lowest BCUT2D eigenvalue weighted by atomic mass is 10.1. The molecule has 1 N–H and O–H groups in total. The van der Waals surface area contributed by atoms with Crippen molar-refractivity contribution < 1.29 is 19.4 Å². The highest BCUT2D eigenvalue weighted by Crippen LogP contribution is 2.30. The standard InChI is InChI=1S/C12H23NO4/c1-11(2,3)17-10(15)13-9(6-7-14)8-16-12(13,4)5/h9,14H,6-8H2,1-5H3/t9-/m1/s1. The first-order valence-corrected chi connectivity index (χ1v) is 5.94. The summed E-state index contributed by atoms with van der Waals surface area (Å²) in [7, 11) is 0. The fraction of sp³-hybridized carbons (Fsp3) is 0.917. The van der Waals surface area contributed by atoms with Crippen molar-refractivity contribution in [1.29, 1.82) is 0 Å². The van der Waals surface area contributed by atoms with Gasteiger partial charge in [-0.15, -0.1) is 0 Å². The molecule has 0 aromatic rings. The van der Waals surface area contributed by atoms with Crippen molar-refractivity contribution in [2.75, 3.05) is 13.2 Å². The van der Waals surface area contributed by atoms with Gasteiger partial charge >= 0.3 is 6.09 Å². The number of amides is 1. The molecule has 1 fully saturated rings. The highest BCUT2D eigenvalue weighted by atomic mass is 16.6. The molecular weight excluding hydrogens is 222 g/mol. The number of rotatable bonds is 2. The number of aliphatic hydroxyl groups excluding tert-OH is 1. The van der Waals surface area contributed by atoms with Crippen LogP contribution in [0.15, 0.2) is 0 Å². The summed E-state index contributed by atoms with van der Waals surface area (Å²) in [5.41, 5.74) is -1.21. The van der Waals surface area contributed by atoms with Gasteiger partial charge in [-0.25, -0.2) is 4.79 Å². The fourth-order valence-electron chi connectivity index (χ4n) is 1.93. The Morgan fingerprint density at radius 3 is 2.59 bits per heavy atom. The predicted octanol–water partition coefficient (Wildman–Crippen LogP) is 1.74. The molecule has 1 amide bonds. The zero-order valence-corrected chi connectivity index (χ0v) is 11.3. The third kappa shape index (κ3) is 3.57. The van der Waals surface area contributed by atoms with Gasteiger partial charge in [-0.05, 0) is 41.0 Å². The topological polar surface area (TPSA) is 59.0 Å². The summed E-state index contributed by atoms with van der Waals surface area (Å²) < 4.78 is 10.9. The van der Waals surface area contributed by atoms with E-state index in [1.165, 1.54) is 0 Å². The first-order valence-electron chi connectivity index (χ1n) is 5.94. The Kier molecular flexibility index (Phi) is 4.04. The molecule has 1 rings (SSSR count). The van der Waals surface area contributed by atoms with E-state index < -0.39 is 17.4 Å². The summed E-state index contributed by atoms with van der Waals surface area (Å²) in [5.74, 6) is 0. The summed E-state index contributed by atoms with van der Waals surface area (Å²) in [6.07, 6.45) is 0.112. The average Bonchev–Trinajstić information content (AvgIpc) is 2.39. The monoisotopic (exact) mass is 245 g/mol. The third-order valence-corrected chi connectivity index (χ3v) is 2.63. The van der Waals surface area contributed by atoms with Crippen LogP contribution in [0.2, 0.25) is 0 Å². The van der Waals surface area contributed by atoms with Crippen LogP contribution in [0.3, 0.4) is 0 Å². The third-order valence-electron chi connectivity index (χ3n) is 2.63. The minimum Gasteiger partial charge on any atom is -0.444 e. The van der Waals surface area contributed by atoms with Crippen molar-refractivity contribution >= 4 is 6.09 Å². The van der Waals surface area contributed by atoms with E-state index in [-0.39, 0.29) is 12.6 Å². The molecule has 0 saturated carbocycles. The van der Waals surface area contributed by atoms with Gasteiger partial charge in [-0.3, -0.25) is 4.90 Å². The molecule has 5 heteroatoms. The van der Waals surface area contributed by atoms with Gasteiger partial charge < -0.3 is 14.6 Å². The van der Waals surface area contributed by atoms with Crippen LogP contribution in [0, 0.1) is 0 Å². The van der Waals surface area contributed by atoms with Gasteiger partial charge in [0.05, 0.1) is 12.6 Å². The molecule has 100 valence electrons. The van der Waals surface area contributed by atoms with E-state index in [2.05, 4.69) is 0 Å². The lowest BCUT2D eigenvalue weighted by molar-refractivity contribution is -0.0629. The van der Waals surface area contributed by atoms with E-state index in [0.29, 0.717) is 13.0 Å². The second kappa shape index (κ2) is 4.82. The first kappa shape index (κ1) is 14.3. The molecular formula is C12H23NO4. The minimum absolute atomic E-state index is 0.0312. The summed E-state index contributed by atoms with van der Waals surface area (Å²) in [4.78, 5) is 13.7. The summed E-state index contributed by atoms with van der Waals surface area (Å²) in [5, 5.41) is 8.99. The van der Waals surface area contributed by atoms with E-state index in [4.69, 9.17) is 14.6 Å². The van der Waals surface area contributed by atoms with Crippen molar-refractivity contribution in [3.8, 4) is 0 Å². The van der Waals surface area contributed by atoms with Crippen LogP contribution in [0.5, 0.6) is 0 Å². The molecule has 0 aliphatic carbocycles. The first-order chi connectivity index (χ1) is 7.67. The van der Waals surface area contributed by atoms with Crippen LogP contribution >= 0.6 is 0 Å². The second-order valence-corrected chi connectivity index (χ2v) is 5.77. The predicted molar refractivity (Wildman–Crippen MR) is 63.6 cm³/mol. The number of carbonyl (C=O) groups excluding carboxylic acids is 1. The fourth-order valence-corrected chi connectivity index (χ4v) is 1.93. The molecule has 5 nitrogen and oxygen atoms in total. The van der Waals surface area contributed by atoms with Gasteiger partial charge in [0.25, 0.3) is 0 Å². The summed E-state index contributed by atoms with van der Waals surface area (Å²) in [6.45, 7) is 9.61. The van der Waals surface area contributed by atoms with Crippen molar-refractivity contribution in [3.05, 3.63) is 0 Å². The molecule has 1 atom stereocenters. The Labute approximate surface area is 103 Å². The van der Waals surface area contributed by atoms with E-state index in [1.54, 1.807) is 4.90 Å². The van der Waals surface area contributed by atoms with Gasteiger partial charge in [-0.2, -0.15) is 0 Å². The molecule has 1 aliphatic heterocycles. The van der Waals surface area contributed by atoms with E-state index in [1.807, 2.05) is 34.6 Å². The van der Waals surface area contributed by atoms with Crippen LogP contribution in [-0.4, -0.2) is 46.7 Å². The Morgan fingerprint density at radius 1 is 1.53 bits per heavy atom. The maximum absolute atomic E-state index is 12.1. The van der Waals surface area contributed by atoms with Crippen LogP contribution < -0.4 is 0 Å². The Morgan fingerprint density at radius 2 is 2.12 bits per heavy atom. The molecule has 0 bridgehead atoms. The Hall–Kier alpha value is -0.810. The number of ether oxygens (including phenoxy) is 2. The number of carbonyl (C=O) groups is 1. The lowest BCUT2D eigenvalue weighted by Crippen LogP contribution is -2.50. The normalized spacial score (nSPS) is 23.9. The summed E-state index contributed by atoms with van der Waals surface area (Å²) >= 11 is 0. The van der Waals surface area contributed by atoms with Crippen molar-refractivity contribution in [2.24, 2.45) is 0 Å². The molecule has 1 heterocycles. The zero-order valence-electron chi connectivity index (χ0n) is 11.3. The van der Waals surface area contributed by atoms with Crippen LogP contribution in [0.1, 0.15) is 41.0 Å². The molecule has 0 unspecified atom stereocenters. The molecule has 0 aromatic heterocycles. The Balaban J connectivity index is 2.79. The number of aliphatic hydroxyl groups is 1. The maximum Gasteiger partial charge on any atom is 0.412 e. The molecule has 0 aromatic carbocycles. The molecule has 1 saturated heterocycles. The van der Waals surface area contributed by atoms with Crippen molar-refractivity contribution in [3.63, 3.8) is 0 Å². The van der Waals surface area contributed by atoms with Gasteiger partial charge in [0.1, 0.15) is 11.3 Å². The van der Waals surface area contributed by atoms with Crippen molar-refractivity contribution in [2.45, 2.75) is 58.4 Å². The van der Waals surface area contributed by atoms with E-state index >= 15 is 0 Å². The van der Waals surface area contributed by atoms with Gasteiger partial charge in [0.15, 0.2) is 0 Å². The molecule has 0 spiro atoms. The maximum atomic E-state index is 12.1. The van der Waals surface area contributed by atoms with E-state index in [0.717, 1.165) is 0 Å².